The Morgan fingerprint density at radius 3 is 2.82 bits per heavy atom. The number of nitrogens with zero attached hydrogens (tertiary/aromatic N) is 1. The van der Waals surface area contributed by atoms with Crippen molar-refractivity contribution in [3.63, 3.8) is 0 Å². The summed E-state index contributed by atoms with van der Waals surface area (Å²) in [6.45, 7) is 0.310. The molecule has 0 aliphatic heterocycles. The lowest BCUT2D eigenvalue weighted by Crippen LogP contribution is -2.28. The molecule has 1 atom stereocenters. The van der Waals surface area contributed by atoms with Gasteiger partial charge in [0.2, 0.25) is 0 Å². The van der Waals surface area contributed by atoms with Crippen molar-refractivity contribution >= 4 is 5.97 Å². The standard InChI is InChI=1S/C15H14F2N2O3/c16-14(17)13-6-12(22-19-13)7-18-11-4-8-1-2-9(15(20)21)3-10(8)5-11/h1-3,6,11,14,18H,4-5,7H2,(H,20,21). The van der Waals surface area contributed by atoms with Gasteiger partial charge in [-0.3, -0.25) is 0 Å². The quantitative estimate of drug-likeness (QED) is 0.888. The van der Waals surface area contributed by atoms with Crippen LogP contribution in [0.1, 0.15) is 39.4 Å². The number of fused-ring (bicyclic) bond motifs is 1. The molecule has 2 aromatic rings. The fourth-order valence-electron chi connectivity index (χ4n) is 2.66. The molecule has 0 saturated carbocycles. The van der Waals surface area contributed by atoms with Crippen LogP contribution >= 0.6 is 0 Å². The van der Waals surface area contributed by atoms with Gasteiger partial charge in [0.1, 0.15) is 5.69 Å². The second-order valence-electron chi connectivity index (χ2n) is 5.29. The predicted octanol–water partition coefficient (Wildman–Crippen LogP) is 2.57. The maximum atomic E-state index is 12.4. The number of benzene rings is 1. The Morgan fingerprint density at radius 1 is 1.36 bits per heavy atom. The highest BCUT2D eigenvalue weighted by molar-refractivity contribution is 5.88. The number of hydrogen-bond acceptors (Lipinski definition) is 4. The zero-order valence-corrected chi connectivity index (χ0v) is 11.6. The Morgan fingerprint density at radius 2 is 2.14 bits per heavy atom. The summed E-state index contributed by atoms with van der Waals surface area (Å²) in [5.74, 6) is -0.585. The van der Waals surface area contributed by atoms with Crippen molar-refractivity contribution in [2.24, 2.45) is 0 Å². The second kappa shape index (κ2) is 5.84. The van der Waals surface area contributed by atoms with Gasteiger partial charge in [0.25, 0.3) is 6.43 Å². The van der Waals surface area contributed by atoms with E-state index in [2.05, 4.69) is 10.5 Å². The monoisotopic (exact) mass is 308 g/mol. The first-order chi connectivity index (χ1) is 10.5. The highest BCUT2D eigenvalue weighted by Gasteiger charge is 2.23. The molecule has 1 aromatic carbocycles. The summed E-state index contributed by atoms with van der Waals surface area (Å²) < 4.78 is 29.7. The van der Waals surface area contributed by atoms with E-state index in [9.17, 15) is 13.6 Å². The van der Waals surface area contributed by atoms with Gasteiger partial charge >= 0.3 is 5.97 Å². The molecule has 7 heteroatoms. The number of alkyl halides is 2. The van der Waals surface area contributed by atoms with Gasteiger partial charge in [0.05, 0.1) is 12.1 Å². The Labute approximate surface area is 124 Å². The fourth-order valence-corrected chi connectivity index (χ4v) is 2.66. The van der Waals surface area contributed by atoms with Crippen molar-refractivity contribution in [1.82, 2.24) is 10.5 Å². The molecule has 0 amide bonds. The molecule has 1 aromatic heterocycles. The number of hydrogen-bond donors (Lipinski definition) is 2. The molecule has 1 aliphatic rings. The van der Waals surface area contributed by atoms with E-state index in [4.69, 9.17) is 9.63 Å². The van der Waals surface area contributed by atoms with Crippen LogP contribution in [0, 0.1) is 0 Å². The lowest BCUT2D eigenvalue weighted by molar-refractivity contribution is 0.0696. The van der Waals surface area contributed by atoms with Crippen molar-refractivity contribution in [2.75, 3.05) is 0 Å². The smallest absolute Gasteiger partial charge is 0.335 e. The zero-order valence-electron chi connectivity index (χ0n) is 11.6. The topological polar surface area (TPSA) is 75.4 Å². The van der Waals surface area contributed by atoms with Crippen LogP contribution in [0.15, 0.2) is 28.8 Å². The van der Waals surface area contributed by atoms with Crippen LogP contribution in [0.4, 0.5) is 8.78 Å². The summed E-state index contributed by atoms with van der Waals surface area (Å²) in [7, 11) is 0. The zero-order chi connectivity index (χ0) is 15.7. The normalized spacial score (nSPS) is 17.0. The number of carboxylic acid groups (broad SMARTS) is 1. The predicted molar refractivity (Wildman–Crippen MR) is 72.9 cm³/mol. The largest absolute Gasteiger partial charge is 0.478 e. The van der Waals surface area contributed by atoms with Gasteiger partial charge in [0.15, 0.2) is 5.76 Å². The number of carbonyl (C=O) groups is 1. The van der Waals surface area contributed by atoms with Crippen LogP contribution in [-0.2, 0) is 19.4 Å². The molecule has 116 valence electrons. The third-order valence-corrected chi connectivity index (χ3v) is 3.75. The molecule has 0 radical (unpaired) electrons. The summed E-state index contributed by atoms with van der Waals surface area (Å²) in [6.07, 6.45) is -1.17. The van der Waals surface area contributed by atoms with E-state index in [1.807, 2.05) is 6.07 Å². The number of aromatic nitrogens is 1. The number of nitrogens with one attached hydrogen (secondary N) is 1. The van der Waals surface area contributed by atoms with Crippen molar-refractivity contribution in [1.29, 1.82) is 0 Å². The second-order valence-corrected chi connectivity index (χ2v) is 5.29. The Bertz CT molecular complexity index is 700. The average Bonchev–Trinajstić information content (AvgIpc) is 3.10. The SMILES string of the molecule is O=C(O)c1ccc2c(c1)CC(NCc1cc(C(F)F)no1)C2. The third-order valence-electron chi connectivity index (χ3n) is 3.75. The summed E-state index contributed by atoms with van der Waals surface area (Å²) in [5, 5.41) is 15.5. The van der Waals surface area contributed by atoms with Crippen LogP contribution in [0.2, 0.25) is 0 Å². The van der Waals surface area contributed by atoms with Gasteiger partial charge in [-0.25, -0.2) is 13.6 Å². The Hall–Kier alpha value is -2.28. The summed E-state index contributed by atoms with van der Waals surface area (Å²) in [5.41, 5.74) is 2.02. The lowest BCUT2D eigenvalue weighted by atomic mass is 10.1. The average molecular weight is 308 g/mol. The molecule has 0 bridgehead atoms. The lowest BCUT2D eigenvalue weighted by Gasteiger charge is -2.09. The van der Waals surface area contributed by atoms with E-state index in [1.165, 1.54) is 6.07 Å². The first-order valence-electron chi connectivity index (χ1n) is 6.85. The van der Waals surface area contributed by atoms with Crippen LogP contribution in [-0.4, -0.2) is 22.3 Å². The Balaban J connectivity index is 1.60. The summed E-state index contributed by atoms with van der Waals surface area (Å²) >= 11 is 0. The number of halogens is 2. The van der Waals surface area contributed by atoms with Crippen molar-refractivity contribution in [3.8, 4) is 0 Å². The maximum Gasteiger partial charge on any atom is 0.335 e. The molecule has 1 aliphatic carbocycles. The van der Waals surface area contributed by atoms with Crippen molar-refractivity contribution in [2.45, 2.75) is 31.9 Å². The van der Waals surface area contributed by atoms with Gasteiger partial charge in [-0.05, 0) is 36.1 Å². The summed E-state index contributed by atoms with van der Waals surface area (Å²) in [6, 6.07) is 6.46. The molecule has 2 N–H and O–H groups in total. The maximum absolute atomic E-state index is 12.4. The minimum atomic E-state index is -2.64. The van der Waals surface area contributed by atoms with E-state index >= 15 is 0 Å². The molecular formula is C15H14F2N2O3. The first kappa shape index (κ1) is 14.6. The minimum Gasteiger partial charge on any atom is -0.478 e. The van der Waals surface area contributed by atoms with Crippen LogP contribution in [0.5, 0.6) is 0 Å². The molecule has 0 spiro atoms. The highest BCUT2D eigenvalue weighted by Crippen LogP contribution is 2.24. The molecule has 0 fully saturated rings. The van der Waals surface area contributed by atoms with E-state index < -0.39 is 12.4 Å². The van der Waals surface area contributed by atoms with E-state index in [-0.39, 0.29) is 17.3 Å². The Kier molecular flexibility index (Phi) is 3.89. The van der Waals surface area contributed by atoms with Crippen LogP contribution in [0.25, 0.3) is 0 Å². The molecular weight excluding hydrogens is 294 g/mol. The van der Waals surface area contributed by atoms with Gasteiger partial charge in [0, 0.05) is 12.1 Å². The molecule has 3 rings (SSSR count). The van der Waals surface area contributed by atoms with Gasteiger partial charge in [-0.15, -0.1) is 0 Å². The van der Waals surface area contributed by atoms with Gasteiger partial charge in [-0.2, -0.15) is 0 Å². The molecule has 22 heavy (non-hydrogen) atoms. The van der Waals surface area contributed by atoms with Crippen LogP contribution in [0.3, 0.4) is 0 Å². The number of rotatable bonds is 5. The first-order valence-corrected chi connectivity index (χ1v) is 6.85. The third kappa shape index (κ3) is 2.99. The van der Waals surface area contributed by atoms with E-state index in [0.29, 0.717) is 18.7 Å². The van der Waals surface area contributed by atoms with E-state index in [1.54, 1.807) is 12.1 Å². The molecule has 1 heterocycles. The molecule has 5 nitrogen and oxygen atoms in total. The highest BCUT2D eigenvalue weighted by atomic mass is 19.3. The number of aromatic carboxylic acids is 1. The fraction of sp³-hybridized carbons (Fsp3) is 0.333. The molecule has 1 unspecified atom stereocenters. The van der Waals surface area contributed by atoms with Gasteiger partial charge in [-0.1, -0.05) is 11.2 Å². The number of carboxylic acids is 1. The van der Waals surface area contributed by atoms with Crippen LogP contribution < -0.4 is 5.32 Å². The minimum absolute atomic E-state index is 0.124. The molecule has 0 saturated heterocycles. The summed E-state index contributed by atoms with van der Waals surface area (Å²) in [4.78, 5) is 11.0. The van der Waals surface area contributed by atoms with Gasteiger partial charge < -0.3 is 14.9 Å². The van der Waals surface area contributed by atoms with Crippen molar-refractivity contribution < 1.29 is 23.2 Å². The van der Waals surface area contributed by atoms with E-state index in [0.717, 1.165) is 17.5 Å². The van der Waals surface area contributed by atoms with Crippen molar-refractivity contribution in [3.05, 3.63) is 52.4 Å².